The smallest absolute Gasteiger partial charge is 0.861 e. The maximum Gasteiger partial charge on any atom is 1.00 e. The molecular formula is C4H8BKNO3S. The third-order valence-corrected chi connectivity index (χ3v) is 1.06. The van der Waals surface area contributed by atoms with Crippen LogP contribution in [0, 0.1) is 0 Å². The molecule has 0 unspecified atom stereocenters. The summed E-state index contributed by atoms with van der Waals surface area (Å²) in [6.45, 7) is 0. The van der Waals surface area contributed by atoms with E-state index in [0.717, 1.165) is 0 Å². The molecule has 0 aromatic carbocycles. The molecule has 0 aromatic rings. The molecule has 0 aromatic heterocycles. The van der Waals surface area contributed by atoms with Crippen molar-refractivity contribution in [2.75, 3.05) is 0 Å². The minimum atomic E-state index is -0.250. The van der Waals surface area contributed by atoms with Crippen molar-refractivity contribution in [2.45, 2.75) is 0 Å². The summed E-state index contributed by atoms with van der Waals surface area (Å²) in [5.74, 6) is 0. The molecule has 0 aliphatic carbocycles. The molecule has 4 nitrogen and oxygen atoms in total. The summed E-state index contributed by atoms with van der Waals surface area (Å²) in [6, 6.07) is 0. The van der Waals surface area contributed by atoms with E-state index in [-0.39, 0.29) is 64.5 Å². The normalized spacial score (nSPS) is 10.7. The molecule has 1 rings (SSSR count). The van der Waals surface area contributed by atoms with E-state index in [0.29, 0.717) is 0 Å². The Kier molecular flexibility index (Phi) is 28.5. The molecule has 1 aliphatic heterocycles. The largest absolute Gasteiger partial charge is 1.00 e. The van der Waals surface area contributed by atoms with Gasteiger partial charge in [-0.15, -0.1) is 0 Å². The van der Waals surface area contributed by atoms with E-state index in [4.69, 9.17) is 10.0 Å². The molecular weight excluding hydrogens is 192 g/mol. The third kappa shape index (κ3) is 18.3. The van der Waals surface area contributed by atoms with Crippen LogP contribution >= 0.6 is 11.9 Å². The van der Waals surface area contributed by atoms with E-state index in [9.17, 15) is 0 Å². The Labute approximate surface area is 113 Å². The van der Waals surface area contributed by atoms with Crippen LogP contribution in [-0.2, 0) is 0 Å². The molecule has 0 fully saturated rings. The summed E-state index contributed by atoms with van der Waals surface area (Å²) in [6.07, 6.45) is 5.84. The van der Waals surface area contributed by atoms with Crippen LogP contribution < -0.4 is 61.1 Å². The summed E-state index contributed by atoms with van der Waals surface area (Å²) in [5.41, 5.74) is 0. The molecule has 1 aliphatic rings. The number of hydrogen-bond donors (Lipinski definition) is 2. The predicted molar refractivity (Wildman–Crippen MR) is 40.6 cm³/mol. The molecule has 11 heavy (non-hydrogen) atoms. The predicted octanol–water partition coefficient (Wildman–Crippen LogP) is -4.68. The van der Waals surface area contributed by atoms with Gasteiger partial charge in [-0.3, -0.25) is 0 Å². The Hall–Kier alpha value is 1.21. The number of allylic oxidation sites excluding steroid dienone is 2. The van der Waals surface area contributed by atoms with Crippen LogP contribution in [0.25, 0.3) is 0 Å². The Bertz CT molecular complexity index is 102. The van der Waals surface area contributed by atoms with E-state index in [1.807, 2.05) is 23.8 Å². The van der Waals surface area contributed by atoms with Gasteiger partial charge in [0.15, 0.2) is 7.69 Å². The SMILES string of the molecule is C1=CNSC=C1.O.[K+].[O-][B]O. The van der Waals surface area contributed by atoms with Crippen molar-refractivity contribution in [1.29, 1.82) is 0 Å². The van der Waals surface area contributed by atoms with Gasteiger partial charge in [-0.1, -0.05) is 6.08 Å². The van der Waals surface area contributed by atoms with Gasteiger partial charge >= 0.3 is 51.4 Å². The average Bonchev–Trinajstić information content (AvgIpc) is 1.93. The molecule has 0 atom stereocenters. The van der Waals surface area contributed by atoms with Gasteiger partial charge in [-0.05, 0) is 23.4 Å². The molecule has 0 bridgehead atoms. The molecule has 4 N–H and O–H groups in total. The van der Waals surface area contributed by atoms with E-state index in [1.165, 1.54) is 0 Å². The van der Waals surface area contributed by atoms with Crippen LogP contribution in [0.15, 0.2) is 23.8 Å². The van der Waals surface area contributed by atoms with E-state index < -0.39 is 0 Å². The molecule has 1 heterocycles. The maximum atomic E-state index is 8.36. The molecule has 0 spiro atoms. The van der Waals surface area contributed by atoms with Gasteiger partial charge in [0.2, 0.25) is 0 Å². The van der Waals surface area contributed by atoms with Crippen LogP contribution in [0.3, 0.4) is 0 Å². The quantitative estimate of drug-likeness (QED) is 0.304. The minimum Gasteiger partial charge on any atom is -0.861 e. The fourth-order valence-electron chi connectivity index (χ4n) is 0.258. The summed E-state index contributed by atoms with van der Waals surface area (Å²) >= 11 is 1.58. The Morgan fingerprint density at radius 3 is 2.09 bits per heavy atom. The zero-order chi connectivity index (χ0) is 6.95. The summed E-state index contributed by atoms with van der Waals surface area (Å²) in [4.78, 5) is 0. The van der Waals surface area contributed by atoms with E-state index in [1.54, 1.807) is 11.9 Å². The molecule has 1 radical (unpaired) electrons. The fourth-order valence-corrected chi connectivity index (χ4v) is 0.663. The van der Waals surface area contributed by atoms with Crippen molar-refractivity contribution < 1.29 is 66.9 Å². The van der Waals surface area contributed by atoms with Crippen molar-refractivity contribution in [3.8, 4) is 0 Å². The van der Waals surface area contributed by atoms with Crippen molar-refractivity contribution in [2.24, 2.45) is 0 Å². The van der Waals surface area contributed by atoms with Gasteiger partial charge in [0.25, 0.3) is 0 Å². The van der Waals surface area contributed by atoms with Crippen LogP contribution in [0.2, 0.25) is 0 Å². The standard InChI is InChI=1S/C4H5NS.BHO2.K.H2O/c1-2-4-6-5-3-1;2-1-3;;/h1-5H;2H;;1H2/q;-1;+1;. The summed E-state index contributed by atoms with van der Waals surface area (Å²) in [5, 5.41) is 17.2. The first-order valence-corrected chi connectivity index (χ1v) is 3.10. The Morgan fingerprint density at radius 2 is 2.00 bits per heavy atom. The molecule has 0 saturated carbocycles. The summed E-state index contributed by atoms with van der Waals surface area (Å²) < 4.78 is 2.93. The number of nitrogens with one attached hydrogen (secondary N) is 1. The van der Waals surface area contributed by atoms with Gasteiger partial charge in [-0.2, -0.15) is 0 Å². The van der Waals surface area contributed by atoms with Crippen molar-refractivity contribution in [1.82, 2.24) is 4.72 Å². The van der Waals surface area contributed by atoms with Gasteiger partial charge in [0.05, 0.1) is 0 Å². The number of hydrogen-bond acceptors (Lipinski definition) is 4. The monoisotopic (exact) mass is 200 g/mol. The second kappa shape index (κ2) is 17.3. The van der Waals surface area contributed by atoms with Crippen LogP contribution in [0.5, 0.6) is 0 Å². The molecule has 0 saturated heterocycles. The zero-order valence-corrected chi connectivity index (χ0v) is 10.1. The number of rotatable bonds is 0. The maximum absolute atomic E-state index is 8.36. The summed E-state index contributed by atoms with van der Waals surface area (Å²) in [7, 11) is -0.250. The Balaban J connectivity index is -0.000000116. The third-order valence-electron chi connectivity index (χ3n) is 0.490. The van der Waals surface area contributed by atoms with Crippen molar-refractivity contribution in [3.05, 3.63) is 23.8 Å². The second-order valence-electron chi connectivity index (χ2n) is 1.03. The van der Waals surface area contributed by atoms with Crippen LogP contribution in [0.4, 0.5) is 0 Å². The van der Waals surface area contributed by atoms with Gasteiger partial charge < -0.3 is 20.2 Å². The molecule has 7 heteroatoms. The van der Waals surface area contributed by atoms with Gasteiger partial charge in [0, 0.05) is 6.20 Å². The molecule has 0 amide bonds. The first kappa shape index (κ1) is 18.1. The zero-order valence-electron chi connectivity index (χ0n) is 6.15. The van der Waals surface area contributed by atoms with Gasteiger partial charge in [-0.25, -0.2) is 0 Å². The first-order chi connectivity index (χ1) is 4.41. The fraction of sp³-hybridized carbons (Fsp3) is 0. The average molecular weight is 200 g/mol. The molecule has 57 valence electrons. The second-order valence-corrected chi connectivity index (χ2v) is 1.77. The first-order valence-electron chi connectivity index (χ1n) is 2.22. The van der Waals surface area contributed by atoms with Crippen LogP contribution in [-0.4, -0.2) is 18.2 Å². The van der Waals surface area contributed by atoms with Crippen molar-refractivity contribution in [3.63, 3.8) is 0 Å². The van der Waals surface area contributed by atoms with Gasteiger partial charge in [0.1, 0.15) is 0 Å². The van der Waals surface area contributed by atoms with Crippen molar-refractivity contribution >= 4 is 19.6 Å². The van der Waals surface area contributed by atoms with E-state index in [2.05, 4.69) is 4.72 Å². The van der Waals surface area contributed by atoms with Crippen LogP contribution in [0.1, 0.15) is 0 Å². The topological polar surface area (TPSA) is 86.8 Å². The van der Waals surface area contributed by atoms with E-state index >= 15 is 0 Å². The Morgan fingerprint density at radius 1 is 1.45 bits per heavy atom. The minimum absolute atomic E-state index is 0.